The molecule has 3 aromatic rings. The Balaban J connectivity index is 1.34. The molecule has 2 amide bonds. The van der Waals surface area contributed by atoms with Crippen molar-refractivity contribution in [1.82, 2.24) is 14.5 Å². The van der Waals surface area contributed by atoms with Crippen molar-refractivity contribution in [1.29, 1.82) is 0 Å². The van der Waals surface area contributed by atoms with Crippen molar-refractivity contribution in [3.63, 3.8) is 0 Å². The van der Waals surface area contributed by atoms with E-state index in [2.05, 4.69) is 10.2 Å². The number of para-hydroxylation sites is 3. The summed E-state index contributed by atoms with van der Waals surface area (Å²) in [7, 11) is 0. The highest BCUT2D eigenvalue weighted by Gasteiger charge is 2.40. The molecule has 5 rings (SSSR count). The van der Waals surface area contributed by atoms with Gasteiger partial charge in [0.15, 0.2) is 0 Å². The lowest BCUT2D eigenvalue weighted by Gasteiger charge is -2.27. The number of nitrogens with zero attached hydrogens (tertiary/aromatic N) is 4. The van der Waals surface area contributed by atoms with E-state index < -0.39 is 6.04 Å². The fourth-order valence-corrected chi connectivity index (χ4v) is 4.49. The predicted molar refractivity (Wildman–Crippen MR) is 123 cm³/mol. The molecule has 1 atom stereocenters. The molecule has 0 saturated carbocycles. The van der Waals surface area contributed by atoms with Gasteiger partial charge in [-0.25, -0.2) is 4.98 Å². The van der Waals surface area contributed by atoms with E-state index in [1.54, 1.807) is 4.90 Å². The van der Waals surface area contributed by atoms with Crippen LogP contribution < -0.4 is 10.2 Å². The van der Waals surface area contributed by atoms with Gasteiger partial charge in [-0.1, -0.05) is 30.3 Å². The average molecular weight is 434 g/mol. The van der Waals surface area contributed by atoms with Crippen LogP contribution in [0.2, 0.25) is 0 Å². The molecular weight excluding hydrogens is 406 g/mol. The standard InChI is InChI=1S/C24H27N5O3/c30-22(25-18-7-2-1-3-8-18)17-21-23(31)28(12-6-11-27-13-15-32-16-14-27)24-26-19-9-4-5-10-20(19)29(21)24/h1-5,7-10,21H,6,11-17H2,(H,25,30). The molecule has 2 aromatic carbocycles. The summed E-state index contributed by atoms with van der Waals surface area (Å²) < 4.78 is 7.34. The summed E-state index contributed by atoms with van der Waals surface area (Å²) in [4.78, 5) is 35.0. The van der Waals surface area contributed by atoms with Crippen molar-refractivity contribution in [3.8, 4) is 0 Å². The third kappa shape index (κ3) is 4.11. The Bertz CT molecular complexity index is 1110. The van der Waals surface area contributed by atoms with Gasteiger partial charge in [0.2, 0.25) is 11.9 Å². The van der Waals surface area contributed by atoms with Crippen molar-refractivity contribution >= 4 is 34.5 Å². The van der Waals surface area contributed by atoms with Gasteiger partial charge in [-0.15, -0.1) is 0 Å². The van der Waals surface area contributed by atoms with Crippen LogP contribution in [-0.2, 0) is 14.3 Å². The largest absolute Gasteiger partial charge is 0.379 e. The van der Waals surface area contributed by atoms with Gasteiger partial charge in [0.05, 0.1) is 30.7 Å². The molecule has 1 aromatic heterocycles. The van der Waals surface area contributed by atoms with Gasteiger partial charge < -0.3 is 10.1 Å². The second kappa shape index (κ2) is 9.10. The van der Waals surface area contributed by atoms with E-state index in [0.717, 1.165) is 56.0 Å². The molecule has 3 heterocycles. The summed E-state index contributed by atoms with van der Waals surface area (Å²) in [6.07, 6.45) is 0.916. The second-order valence-electron chi connectivity index (χ2n) is 8.20. The van der Waals surface area contributed by atoms with Crippen LogP contribution in [0.1, 0.15) is 18.9 Å². The minimum Gasteiger partial charge on any atom is -0.379 e. The van der Waals surface area contributed by atoms with Gasteiger partial charge in [0, 0.05) is 31.9 Å². The first-order valence-corrected chi connectivity index (χ1v) is 11.1. The number of imidazole rings is 1. The van der Waals surface area contributed by atoms with Crippen LogP contribution in [0, 0.1) is 0 Å². The second-order valence-corrected chi connectivity index (χ2v) is 8.20. The normalized spacial score (nSPS) is 18.8. The molecule has 2 aliphatic rings. The molecule has 1 unspecified atom stereocenters. The van der Waals surface area contributed by atoms with Gasteiger partial charge >= 0.3 is 0 Å². The Hall–Kier alpha value is -3.23. The van der Waals surface area contributed by atoms with Gasteiger partial charge in [-0.05, 0) is 30.7 Å². The quantitative estimate of drug-likeness (QED) is 0.620. The highest BCUT2D eigenvalue weighted by Crippen LogP contribution is 2.36. The van der Waals surface area contributed by atoms with Crippen molar-refractivity contribution in [3.05, 3.63) is 54.6 Å². The van der Waals surface area contributed by atoms with Crippen molar-refractivity contribution in [2.45, 2.75) is 18.9 Å². The number of amides is 2. The summed E-state index contributed by atoms with van der Waals surface area (Å²) in [6.45, 7) is 4.86. The van der Waals surface area contributed by atoms with Crippen LogP contribution in [-0.4, -0.2) is 65.7 Å². The van der Waals surface area contributed by atoms with Crippen LogP contribution in [0.3, 0.4) is 0 Å². The Morgan fingerprint density at radius 1 is 1.03 bits per heavy atom. The molecule has 1 fully saturated rings. The summed E-state index contributed by atoms with van der Waals surface area (Å²) in [5, 5.41) is 2.90. The molecule has 1 N–H and O–H groups in total. The van der Waals surface area contributed by atoms with Crippen LogP contribution in [0.25, 0.3) is 11.0 Å². The molecule has 8 heteroatoms. The minimum absolute atomic E-state index is 0.0663. The van der Waals surface area contributed by atoms with Gasteiger partial charge in [-0.3, -0.25) is 24.0 Å². The lowest BCUT2D eigenvalue weighted by molar-refractivity contribution is -0.124. The van der Waals surface area contributed by atoms with Gasteiger partial charge in [0.1, 0.15) is 6.04 Å². The smallest absolute Gasteiger partial charge is 0.253 e. The maximum Gasteiger partial charge on any atom is 0.253 e. The van der Waals surface area contributed by atoms with E-state index >= 15 is 0 Å². The van der Waals surface area contributed by atoms with Gasteiger partial charge in [0.25, 0.3) is 5.91 Å². The molecule has 0 spiro atoms. The molecule has 166 valence electrons. The number of morpholine rings is 1. The molecule has 0 radical (unpaired) electrons. The highest BCUT2D eigenvalue weighted by molar-refractivity contribution is 6.05. The number of carbonyl (C=O) groups excluding carboxylic acids is 2. The zero-order chi connectivity index (χ0) is 21.9. The summed E-state index contributed by atoms with van der Waals surface area (Å²) in [5.74, 6) is 0.382. The number of hydrogen-bond donors (Lipinski definition) is 1. The van der Waals surface area contributed by atoms with Crippen LogP contribution in [0.15, 0.2) is 54.6 Å². The number of fused-ring (bicyclic) bond motifs is 3. The Labute approximate surface area is 186 Å². The average Bonchev–Trinajstić information content (AvgIpc) is 3.31. The van der Waals surface area contributed by atoms with Crippen LogP contribution in [0.5, 0.6) is 0 Å². The number of nitrogens with one attached hydrogen (secondary N) is 1. The Morgan fingerprint density at radius 2 is 1.78 bits per heavy atom. The number of ether oxygens (including phenoxy) is 1. The summed E-state index contributed by atoms with van der Waals surface area (Å²) in [5.41, 5.74) is 2.44. The number of benzene rings is 2. The first-order chi connectivity index (χ1) is 15.7. The summed E-state index contributed by atoms with van der Waals surface area (Å²) >= 11 is 0. The first kappa shape index (κ1) is 20.7. The molecule has 1 saturated heterocycles. The Morgan fingerprint density at radius 3 is 2.59 bits per heavy atom. The zero-order valence-corrected chi connectivity index (χ0v) is 17.9. The number of rotatable bonds is 7. The maximum absolute atomic E-state index is 13.4. The number of aromatic nitrogens is 2. The van der Waals surface area contributed by atoms with Crippen molar-refractivity contribution in [2.75, 3.05) is 49.6 Å². The topological polar surface area (TPSA) is 79.7 Å². The number of anilines is 2. The van der Waals surface area contributed by atoms with Crippen LogP contribution in [0.4, 0.5) is 11.6 Å². The van der Waals surface area contributed by atoms with E-state index in [9.17, 15) is 9.59 Å². The lowest BCUT2D eigenvalue weighted by Crippen LogP contribution is -2.39. The van der Waals surface area contributed by atoms with E-state index in [0.29, 0.717) is 12.5 Å². The Kier molecular flexibility index (Phi) is 5.87. The third-order valence-corrected chi connectivity index (χ3v) is 6.08. The molecule has 2 aliphatic heterocycles. The van der Waals surface area contributed by atoms with E-state index in [4.69, 9.17) is 9.72 Å². The number of hydrogen-bond acceptors (Lipinski definition) is 5. The molecule has 32 heavy (non-hydrogen) atoms. The van der Waals surface area contributed by atoms with E-state index in [1.165, 1.54) is 0 Å². The van der Waals surface area contributed by atoms with Gasteiger partial charge in [-0.2, -0.15) is 0 Å². The lowest BCUT2D eigenvalue weighted by atomic mass is 10.1. The van der Waals surface area contributed by atoms with E-state index in [-0.39, 0.29) is 18.2 Å². The zero-order valence-electron chi connectivity index (χ0n) is 17.9. The first-order valence-electron chi connectivity index (χ1n) is 11.1. The van der Waals surface area contributed by atoms with Crippen LogP contribution >= 0.6 is 0 Å². The molecule has 8 nitrogen and oxygen atoms in total. The SMILES string of the molecule is O=C(CC1C(=O)N(CCCN2CCOCC2)c2nc3ccccc3n21)Nc1ccccc1. The fourth-order valence-electron chi connectivity index (χ4n) is 4.49. The minimum atomic E-state index is -0.593. The van der Waals surface area contributed by atoms with Crippen molar-refractivity contribution in [2.24, 2.45) is 0 Å². The molecule has 0 aliphatic carbocycles. The highest BCUT2D eigenvalue weighted by atomic mass is 16.5. The summed E-state index contributed by atoms with van der Waals surface area (Å²) in [6, 6.07) is 16.5. The van der Waals surface area contributed by atoms with Crippen molar-refractivity contribution < 1.29 is 14.3 Å². The molecular formula is C24H27N5O3. The predicted octanol–water partition coefficient (Wildman–Crippen LogP) is 2.68. The van der Waals surface area contributed by atoms with E-state index in [1.807, 2.05) is 59.2 Å². The molecule has 0 bridgehead atoms. The maximum atomic E-state index is 13.4. The third-order valence-electron chi connectivity index (χ3n) is 6.08. The monoisotopic (exact) mass is 433 g/mol. The fraction of sp³-hybridized carbons (Fsp3) is 0.375. The number of carbonyl (C=O) groups is 2.